The van der Waals surface area contributed by atoms with E-state index in [4.69, 9.17) is 4.74 Å². The monoisotopic (exact) mass is 605 g/mol. The van der Waals surface area contributed by atoms with Crippen molar-refractivity contribution in [2.45, 2.75) is 37.6 Å². The van der Waals surface area contributed by atoms with E-state index in [1.807, 2.05) is 17.0 Å². The molecule has 0 radical (unpaired) electrons. The van der Waals surface area contributed by atoms with E-state index in [1.165, 1.54) is 17.2 Å². The average molecular weight is 606 g/mol. The van der Waals surface area contributed by atoms with Gasteiger partial charge in [0.05, 0.1) is 12.8 Å². The average Bonchev–Trinajstić information content (AvgIpc) is 3.53. The molecule has 44 heavy (non-hydrogen) atoms. The Labute approximate surface area is 253 Å². The summed E-state index contributed by atoms with van der Waals surface area (Å²) in [5, 5.41) is 10.1. The van der Waals surface area contributed by atoms with Crippen LogP contribution in [0.4, 0.5) is 13.2 Å². The maximum Gasteiger partial charge on any atom is 0.453 e. The Hall–Kier alpha value is -4.29. The number of rotatable bonds is 7. The highest BCUT2D eigenvalue weighted by Gasteiger charge is 2.43. The fraction of sp³-hybridized carbons (Fsp3) is 0.375. The Morgan fingerprint density at radius 3 is 2.25 bits per heavy atom. The maximum atomic E-state index is 13.6. The van der Waals surface area contributed by atoms with Crippen molar-refractivity contribution in [1.29, 1.82) is 0 Å². The van der Waals surface area contributed by atoms with Crippen LogP contribution in [0, 0.1) is 0 Å². The Morgan fingerprint density at radius 1 is 0.955 bits per heavy atom. The van der Waals surface area contributed by atoms with Crippen molar-refractivity contribution in [2.75, 3.05) is 39.8 Å². The zero-order valence-corrected chi connectivity index (χ0v) is 24.6. The largest absolute Gasteiger partial charge is 0.496 e. The quantitative estimate of drug-likeness (QED) is 0.312. The number of fused-ring (bicyclic) bond motifs is 1. The van der Waals surface area contributed by atoms with Crippen LogP contribution in [0.2, 0.25) is 0 Å². The van der Waals surface area contributed by atoms with Crippen LogP contribution in [0.15, 0.2) is 78.9 Å². The van der Waals surface area contributed by atoms with E-state index in [-0.39, 0.29) is 29.6 Å². The second-order valence-electron chi connectivity index (χ2n) is 11.3. The molecule has 3 aromatic carbocycles. The third-order valence-corrected chi connectivity index (χ3v) is 8.64. The molecule has 6 rings (SSSR count). The van der Waals surface area contributed by atoms with Gasteiger partial charge in [0.2, 0.25) is 5.91 Å². The summed E-state index contributed by atoms with van der Waals surface area (Å²) in [5.74, 6) is -0.513. The highest BCUT2D eigenvalue weighted by atomic mass is 19.4. The first-order valence-electron chi connectivity index (χ1n) is 14.6. The number of methoxy groups -OCH3 is 1. The summed E-state index contributed by atoms with van der Waals surface area (Å²) in [6, 6.07) is 25.9. The van der Waals surface area contributed by atoms with Gasteiger partial charge in [-0.1, -0.05) is 60.7 Å². The molecule has 0 spiro atoms. The minimum absolute atomic E-state index is 0.0530. The highest BCUT2D eigenvalue weighted by molar-refractivity contribution is 5.73. The van der Waals surface area contributed by atoms with Crippen LogP contribution in [0.3, 0.4) is 0 Å². The van der Waals surface area contributed by atoms with Gasteiger partial charge in [0.25, 0.3) is 5.82 Å². The van der Waals surface area contributed by atoms with Crippen molar-refractivity contribution >= 4 is 5.91 Å². The van der Waals surface area contributed by atoms with Gasteiger partial charge in [0.1, 0.15) is 5.75 Å². The fourth-order valence-corrected chi connectivity index (χ4v) is 6.68. The van der Waals surface area contributed by atoms with E-state index in [0.717, 1.165) is 12.1 Å². The van der Waals surface area contributed by atoms with Gasteiger partial charge in [0, 0.05) is 69.8 Å². The van der Waals surface area contributed by atoms with Crippen LogP contribution in [-0.2, 0) is 17.5 Å². The van der Waals surface area contributed by atoms with Gasteiger partial charge in [-0.25, -0.2) is 0 Å². The van der Waals surface area contributed by atoms with Gasteiger partial charge in [-0.15, -0.1) is 5.10 Å². The molecular formula is C32H34F3N7O2. The third-order valence-electron chi connectivity index (χ3n) is 8.64. The Morgan fingerprint density at radius 2 is 1.64 bits per heavy atom. The van der Waals surface area contributed by atoms with E-state index in [1.54, 1.807) is 26.2 Å². The molecule has 1 aromatic heterocycles. The second-order valence-corrected chi connectivity index (χ2v) is 11.3. The number of nitrogens with zero attached hydrogens (tertiary/aromatic N) is 7. The molecule has 2 atom stereocenters. The number of amides is 1. The van der Waals surface area contributed by atoms with E-state index >= 15 is 0 Å². The minimum atomic E-state index is -4.71. The molecule has 0 unspecified atom stereocenters. The number of aromatic nitrogens is 4. The molecule has 0 aliphatic carbocycles. The Kier molecular flexibility index (Phi) is 8.37. The predicted octanol–water partition coefficient (Wildman–Crippen LogP) is 4.24. The number of piperazine rings is 2. The van der Waals surface area contributed by atoms with Gasteiger partial charge in [-0.3, -0.25) is 14.6 Å². The number of halogens is 3. The van der Waals surface area contributed by atoms with Crippen LogP contribution >= 0.6 is 0 Å². The highest BCUT2D eigenvalue weighted by Crippen LogP contribution is 2.37. The first kappa shape index (κ1) is 29.8. The van der Waals surface area contributed by atoms with Crippen molar-refractivity contribution < 1.29 is 22.7 Å². The molecule has 0 bridgehead atoms. The van der Waals surface area contributed by atoms with E-state index < -0.39 is 12.0 Å². The first-order valence-corrected chi connectivity index (χ1v) is 14.6. The number of carbonyl (C=O) groups is 1. The molecule has 0 saturated carbocycles. The van der Waals surface area contributed by atoms with Crippen LogP contribution in [0.1, 0.15) is 35.4 Å². The number of hydrogen-bond acceptors (Lipinski definition) is 7. The summed E-state index contributed by atoms with van der Waals surface area (Å²) in [4.78, 5) is 19.2. The molecule has 0 N–H and O–H groups in total. The van der Waals surface area contributed by atoms with Crippen molar-refractivity contribution in [2.24, 2.45) is 0 Å². The number of carbonyl (C=O) groups excluding carboxylic acids is 1. The van der Waals surface area contributed by atoms with Crippen molar-refractivity contribution in [3.63, 3.8) is 0 Å². The zero-order valence-electron chi connectivity index (χ0n) is 24.6. The van der Waals surface area contributed by atoms with Crippen LogP contribution in [0.5, 0.6) is 5.75 Å². The Balaban J connectivity index is 1.37. The van der Waals surface area contributed by atoms with Gasteiger partial charge in [-0.2, -0.15) is 17.9 Å². The van der Waals surface area contributed by atoms with Crippen molar-refractivity contribution in [3.05, 3.63) is 101 Å². The van der Waals surface area contributed by atoms with E-state index in [0.29, 0.717) is 43.2 Å². The predicted molar refractivity (Wildman–Crippen MR) is 157 cm³/mol. The van der Waals surface area contributed by atoms with Gasteiger partial charge >= 0.3 is 6.18 Å². The summed E-state index contributed by atoms with van der Waals surface area (Å²) in [5.41, 5.74) is 3.32. The van der Waals surface area contributed by atoms with E-state index in [2.05, 4.69) is 73.9 Å². The molecule has 4 aromatic rings. The van der Waals surface area contributed by atoms with Gasteiger partial charge < -0.3 is 9.64 Å². The molecule has 2 aliphatic rings. The zero-order chi connectivity index (χ0) is 30.8. The van der Waals surface area contributed by atoms with Gasteiger partial charge in [0.15, 0.2) is 0 Å². The lowest BCUT2D eigenvalue weighted by atomic mass is 9.81. The molecule has 12 heteroatoms. The summed E-state index contributed by atoms with van der Waals surface area (Å²) in [7, 11) is 1.55. The molecule has 2 aliphatic heterocycles. The lowest BCUT2D eigenvalue weighted by molar-refractivity contribution is -0.146. The fourth-order valence-electron chi connectivity index (χ4n) is 6.68. The summed E-state index contributed by atoms with van der Waals surface area (Å²) >= 11 is 0. The summed E-state index contributed by atoms with van der Waals surface area (Å²) in [6.45, 7) is 5.46. The summed E-state index contributed by atoms with van der Waals surface area (Å²) < 4.78 is 47.2. The molecule has 1 amide bonds. The molecule has 9 nitrogen and oxygen atoms in total. The maximum absolute atomic E-state index is 13.6. The second kappa shape index (κ2) is 12.4. The van der Waals surface area contributed by atoms with Crippen LogP contribution < -0.4 is 4.74 Å². The molecular weight excluding hydrogens is 571 g/mol. The van der Waals surface area contributed by atoms with Crippen molar-refractivity contribution in [3.8, 4) is 11.4 Å². The minimum Gasteiger partial charge on any atom is -0.496 e. The smallest absolute Gasteiger partial charge is 0.453 e. The number of benzene rings is 3. The molecule has 3 heterocycles. The van der Waals surface area contributed by atoms with Crippen LogP contribution in [-0.4, -0.2) is 92.7 Å². The summed E-state index contributed by atoms with van der Waals surface area (Å²) in [6.07, 6.45) is -4.71. The molecule has 2 saturated heterocycles. The lowest BCUT2D eigenvalue weighted by Crippen LogP contribution is -2.67. The molecule has 230 valence electrons. The topological polar surface area (TPSA) is 79.6 Å². The molecule has 2 fully saturated rings. The first-order chi connectivity index (χ1) is 21.2. The Bertz CT molecular complexity index is 1540. The normalized spacial score (nSPS) is 19.6. The lowest BCUT2D eigenvalue weighted by Gasteiger charge is -2.53. The van der Waals surface area contributed by atoms with Crippen LogP contribution in [0.25, 0.3) is 5.69 Å². The number of tetrazole rings is 1. The number of ether oxygens (including phenoxy) is 1. The van der Waals surface area contributed by atoms with E-state index in [9.17, 15) is 18.0 Å². The number of hydrogen-bond donors (Lipinski definition) is 0. The standard InChI is InChI=1S/C32H34F3N7O2/c1-22(43)40-15-16-41-27(20-40)19-39(21-28(41)30(23-9-5-3-6-10-23)24-11-7-4-8-12-24)18-25-17-26(13-14-29(25)44-2)42-31(32(33,34)35)36-37-38-42/h3-14,17,27-28,30H,15-16,18-21H2,1-2H3/t27-,28+/m0/s1. The van der Waals surface area contributed by atoms with Gasteiger partial charge in [-0.05, 0) is 39.8 Å². The third kappa shape index (κ3) is 6.04. The SMILES string of the molecule is COc1ccc(-n2nnnc2C(F)(F)F)cc1CN1C[C@H]2CN(C(C)=O)CCN2[C@@H](C(c2ccccc2)c2ccccc2)C1. The van der Waals surface area contributed by atoms with Crippen molar-refractivity contribution in [1.82, 2.24) is 34.9 Å². The number of alkyl halides is 3.